The Labute approximate surface area is 118 Å². The number of nitrogens with one attached hydrogen (secondary N) is 1. The molecule has 1 aromatic rings. The van der Waals surface area contributed by atoms with Crippen molar-refractivity contribution in [3.8, 4) is 6.07 Å². The summed E-state index contributed by atoms with van der Waals surface area (Å²) >= 11 is 5.94. The van der Waals surface area contributed by atoms with E-state index in [1.54, 1.807) is 6.07 Å². The monoisotopic (exact) mass is 276 g/mol. The number of hydrogen-bond acceptors (Lipinski definition) is 2. The minimum atomic E-state index is -0.827. The van der Waals surface area contributed by atoms with Gasteiger partial charge in [0.05, 0.1) is 12.1 Å². The summed E-state index contributed by atoms with van der Waals surface area (Å²) in [4.78, 5) is 12.3. The SMILES string of the molecule is CC(NC(=O)C1(C#N)CCCC1)c1cccc(Cl)c1. The van der Waals surface area contributed by atoms with Crippen LogP contribution in [-0.4, -0.2) is 5.91 Å². The molecule has 100 valence electrons. The minimum absolute atomic E-state index is 0.142. The maximum absolute atomic E-state index is 12.3. The molecule has 3 nitrogen and oxygen atoms in total. The molecule has 1 atom stereocenters. The Bertz CT molecular complexity index is 515. The van der Waals surface area contributed by atoms with Gasteiger partial charge in [-0.1, -0.05) is 36.6 Å². The quantitative estimate of drug-likeness (QED) is 0.917. The van der Waals surface area contributed by atoms with Crippen molar-refractivity contribution < 1.29 is 4.79 Å². The first-order valence-corrected chi connectivity index (χ1v) is 6.93. The Morgan fingerprint density at radius 3 is 2.74 bits per heavy atom. The molecule has 0 aromatic heterocycles. The van der Waals surface area contributed by atoms with Crippen molar-refractivity contribution >= 4 is 17.5 Å². The molecule has 0 bridgehead atoms. The van der Waals surface area contributed by atoms with Gasteiger partial charge in [-0.25, -0.2) is 0 Å². The molecule has 1 amide bonds. The number of halogens is 1. The van der Waals surface area contributed by atoms with Crippen LogP contribution in [0.1, 0.15) is 44.2 Å². The molecule has 0 spiro atoms. The molecule has 0 heterocycles. The summed E-state index contributed by atoms with van der Waals surface area (Å²) in [5, 5.41) is 12.9. The number of carbonyl (C=O) groups excluding carboxylic acids is 1. The molecule has 1 aliphatic carbocycles. The third-order valence-corrected chi connectivity index (χ3v) is 4.04. The lowest BCUT2D eigenvalue weighted by atomic mass is 9.86. The molecule has 2 rings (SSSR count). The van der Waals surface area contributed by atoms with Crippen molar-refractivity contribution in [3.63, 3.8) is 0 Å². The summed E-state index contributed by atoms with van der Waals surface area (Å²) in [6.45, 7) is 1.91. The predicted molar refractivity (Wildman–Crippen MR) is 74.5 cm³/mol. The Kier molecular flexibility index (Phi) is 4.11. The fourth-order valence-electron chi connectivity index (χ4n) is 2.56. The molecule has 0 saturated heterocycles. The largest absolute Gasteiger partial charge is 0.348 e. The van der Waals surface area contributed by atoms with E-state index in [1.165, 1.54) is 0 Å². The van der Waals surface area contributed by atoms with Crippen LogP contribution >= 0.6 is 11.6 Å². The van der Waals surface area contributed by atoms with E-state index in [0.29, 0.717) is 17.9 Å². The standard InChI is InChI=1S/C15H17ClN2O/c1-11(12-5-4-6-13(16)9-12)18-14(19)15(10-17)7-2-3-8-15/h4-6,9,11H,2-3,7-8H2,1H3,(H,18,19). The molecule has 1 unspecified atom stereocenters. The second-order valence-electron chi connectivity index (χ2n) is 5.15. The van der Waals surface area contributed by atoms with Gasteiger partial charge in [0.1, 0.15) is 5.41 Å². The smallest absolute Gasteiger partial charge is 0.240 e. The van der Waals surface area contributed by atoms with Crippen LogP contribution in [0.15, 0.2) is 24.3 Å². The van der Waals surface area contributed by atoms with Gasteiger partial charge in [0.15, 0.2) is 0 Å². The van der Waals surface area contributed by atoms with E-state index in [9.17, 15) is 10.1 Å². The van der Waals surface area contributed by atoms with Gasteiger partial charge in [0.25, 0.3) is 0 Å². The van der Waals surface area contributed by atoms with Gasteiger partial charge in [-0.05, 0) is 37.5 Å². The first kappa shape index (κ1) is 13.9. The second-order valence-corrected chi connectivity index (χ2v) is 5.59. The Morgan fingerprint density at radius 2 is 2.16 bits per heavy atom. The normalized spacial score (nSPS) is 18.6. The molecule has 1 aliphatic rings. The van der Waals surface area contributed by atoms with E-state index in [1.807, 2.05) is 25.1 Å². The summed E-state index contributed by atoms with van der Waals surface area (Å²) in [7, 11) is 0. The van der Waals surface area contributed by atoms with Gasteiger partial charge >= 0.3 is 0 Å². The number of nitrogens with zero attached hydrogens (tertiary/aromatic N) is 1. The van der Waals surface area contributed by atoms with Gasteiger partial charge < -0.3 is 5.32 Å². The van der Waals surface area contributed by atoms with Crippen molar-refractivity contribution in [2.45, 2.75) is 38.6 Å². The lowest BCUT2D eigenvalue weighted by Gasteiger charge is -2.23. The average molecular weight is 277 g/mol. The first-order chi connectivity index (χ1) is 9.07. The highest BCUT2D eigenvalue weighted by atomic mass is 35.5. The van der Waals surface area contributed by atoms with E-state index in [0.717, 1.165) is 18.4 Å². The summed E-state index contributed by atoms with van der Waals surface area (Å²) < 4.78 is 0. The van der Waals surface area contributed by atoms with E-state index >= 15 is 0 Å². The molecule has 1 aromatic carbocycles. The molecule has 1 N–H and O–H groups in total. The van der Waals surface area contributed by atoms with Crippen LogP contribution in [0, 0.1) is 16.7 Å². The highest BCUT2D eigenvalue weighted by Gasteiger charge is 2.41. The lowest BCUT2D eigenvalue weighted by Crippen LogP contribution is -2.39. The molecule has 0 aliphatic heterocycles. The lowest BCUT2D eigenvalue weighted by molar-refractivity contribution is -0.128. The maximum atomic E-state index is 12.3. The average Bonchev–Trinajstić information content (AvgIpc) is 2.88. The summed E-state index contributed by atoms with van der Waals surface area (Å²) in [6.07, 6.45) is 3.23. The van der Waals surface area contributed by atoms with Crippen LogP contribution in [0.2, 0.25) is 5.02 Å². The Hall–Kier alpha value is -1.53. The zero-order chi connectivity index (χ0) is 13.9. The number of nitriles is 1. The minimum Gasteiger partial charge on any atom is -0.348 e. The van der Waals surface area contributed by atoms with Gasteiger partial charge in [-0.15, -0.1) is 0 Å². The van der Waals surface area contributed by atoms with Crippen LogP contribution in [0.5, 0.6) is 0 Å². The summed E-state index contributed by atoms with van der Waals surface area (Å²) in [6, 6.07) is 9.48. The van der Waals surface area contributed by atoms with E-state index in [4.69, 9.17) is 11.6 Å². The van der Waals surface area contributed by atoms with Crippen LogP contribution in [-0.2, 0) is 4.79 Å². The van der Waals surface area contributed by atoms with E-state index in [2.05, 4.69) is 11.4 Å². The number of rotatable bonds is 3. The third-order valence-electron chi connectivity index (χ3n) is 3.80. The molecule has 4 heteroatoms. The summed E-state index contributed by atoms with van der Waals surface area (Å²) in [5.41, 5.74) is 0.124. The van der Waals surface area contributed by atoms with Crippen molar-refractivity contribution in [2.75, 3.05) is 0 Å². The number of amides is 1. The van der Waals surface area contributed by atoms with Crippen molar-refractivity contribution in [3.05, 3.63) is 34.9 Å². The second kappa shape index (κ2) is 5.63. The van der Waals surface area contributed by atoms with E-state index in [-0.39, 0.29) is 11.9 Å². The summed E-state index contributed by atoms with van der Waals surface area (Å²) in [5.74, 6) is -0.153. The highest BCUT2D eigenvalue weighted by molar-refractivity contribution is 6.30. The van der Waals surface area contributed by atoms with Crippen molar-refractivity contribution in [1.29, 1.82) is 5.26 Å². The molecular weight excluding hydrogens is 260 g/mol. The van der Waals surface area contributed by atoms with Gasteiger partial charge in [0.2, 0.25) is 5.91 Å². The predicted octanol–water partition coefficient (Wildman–Crippen LogP) is 3.60. The molecule has 1 saturated carbocycles. The topological polar surface area (TPSA) is 52.9 Å². The van der Waals surface area contributed by atoms with E-state index < -0.39 is 5.41 Å². The fraction of sp³-hybridized carbons (Fsp3) is 0.467. The van der Waals surface area contributed by atoms with Crippen LogP contribution in [0.3, 0.4) is 0 Å². The maximum Gasteiger partial charge on any atom is 0.240 e. The zero-order valence-corrected chi connectivity index (χ0v) is 11.7. The van der Waals surface area contributed by atoms with Gasteiger partial charge in [-0.3, -0.25) is 4.79 Å². The van der Waals surface area contributed by atoms with Crippen LogP contribution in [0.25, 0.3) is 0 Å². The number of hydrogen-bond donors (Lipinski definition) is 1. The van der Waals surface area contributed by atoms with Gasteiger partial charge in [0, 0.05) is 5.02 Å². The molecule has 1 fully saturated rings. The molecule has 0 radical (unpaired) electrons. The van der Waals surface area contributed by atoms with Crippen LogP contribution in [0.4, 0.5) is 0 Å². The molecule has 19 heavy (non-hydrogen) atoms. The number of carbonyl (C=O) groups is 1. The molecular formula is C15H17ClN2O. The van der Waals surface area contributed by atoms with Gasteiger partial charge in [-0.2, -0.15) is 5.26 Å². The Morgan fingerprint density at radius 1 is 1.47 bits per heavy atom. The fourth-order valence-corrected chi connectivity index (χ4v) is 2.76. The van der Waals surface area contributed by atoms with Crippen molar-refractivity contribution in [1.82, 2.24) is 5.32 Å². The highest BCUT2D eigenvalue weighted by Crippen LogP contribution is 2.38. The first-order valence-electron chi connectivity index (χ1n) is 6.55. The number of benzene rings is 1. The third kappa shape index (κ3) is 2.90. The van der Waals surface area contributed by atoms with Crippen molar-refractivity contribution in [2.24, 2.45) is 5.41 Å². The van der Waals surface area contributed by atoms with Crippen LogP contribution < -0.4 is 5.32 Å². The zero-order valence-electron chi connectivity index (χ0n) is 10.9. The Balaban J connectivity index is 2.09.